The van der Waals surface area contributed by atoms with Gasteiger partial charge in [0, 0.05) is 13.6 Å². The highest BCUT2D eigenvalue weighted by Gasteiger charge is 2.22. The molecule has 1 N–H and O–H groups in total. The molecule has 1 aromatic rings. The number of carboxylic acids is 1. The van der Waals surface area contributed by atoms with E-state index in [0.717, 1.165) is 11.3 Å². The van der Waals surface area contributed by atoms with Crippen molar-refractivity contribution in [2.24, 2.45) is 0 Å². The van der Waals surface area contributed by atoms with E-state index < -0.39 is 5.97 Å². The number of aromatic carboxylic acids is 1. The van der Waals surface area contributed by atoms with Gasteiger partial charge in [0.1, 0.15) is 5.56 Å². The van der Waals surface area contributed by atoms with Gasteiger partial charge in [-0.3, -0.25) is 0 Å². The highest BCUT2D eigenvalue weighted by molar-refractivity contribution is 5.95. The first-order valence-corrected chi connectivity index (χ1v) is 6.00. The molecule has 0 spiro atoms. The molecule has 0 unspecified atom stereocenters. The Kier molecular flexibility index (Phi) is 4.83. The summed E-state index contributed by atoms with van der Waals surface area (Å²) in [6.07, 6.45) is 3.02. The third-order valence-corrected chi connectivity index (χ3v) is 2.81. The van der Waals surface area contributed by atoms with Crippen LogP contribution in [0.15, 0.2) is 12.7 Å². The number of aryl methyl sites for hydroxylation is 1. The summed E-state index contributed by atoms with van der Waals surface area (Å²) in [7, 11) is 1.78. The Hall–Kier alpha value is -1.91. The minimum Gasteiger partial charge on any atom is -0.478 e. The second-order valence-electron chi connectivity index (χ2n) is 4.01. The highest BCUT2D eigenvalue weighted by Crippen LogP contribution is 2.23. The van der Waals surface area contributed by atoms with E-state index in [4.69, 9.17) is 0 Å². The molecule has 98 valence electrons. The van der Waals surface area contributed by atoms with Gasteiger partial charge in [0.05, 0.1) is 5.69 Å². The maximum Gasteiger partial charge on any atom is 0.339 e. The number of likely N-dealkylation sites (N-methyl/N-ethyl adjacent to an activating group) is 1. The molecule has 0 saturated heterocycles. The van der Waals surface area contributed by atoms with Crippen molar-refractivity contribution in [2.75, 3.05) is 18.5 Å². The Morgan fingerprint density at radius 2 is 2.06 bits per heavy atom. The number of carboxylic acid groups (broad SMARTS) is 1. The molecule has 0 aliphatic heterocycles. The molecule has 5 nitrogen and oxygen atoms in total. The van der Waals surface area contributed by atoms with E-state index in [1.165, 1.54) is 0 Å². The van der Waals surface area contributed by atoms with Gasteiger partial charge in [-0.1, -0.05) is 19.9 Å². The van der Waals surface area contributed by atoms with Crippen LogP contribution in [0.3, 0.4) is 0 Å². The fourth-order valence-electron chi connectivity index (χ4n) is 1.93. The lowest BCUT2D eigenvalue weighted by molar-refractivity contribution is 0.0695. The zero-order chi connectivity index (χ0) is 13.7. The van der Waals surface area contributed by atoms with Crippen molar-refractivity contribution in [2.45, 2.75) is 26.7 Å². The van der Waals surface area contributed by atoms with Gasteiger partial charge in [0.25, 0.3) is 0 Å². The third-order valence-electron chi connectivity index (χ3n) is 2.81. The molecule has 5 heteroatoms. The molecule has 1 rings (SSSR count). The molecule has 0 aliphatic rings. The second kappa shape index (κ2) is 6.14. The van der Waals surface area contributed by atoms with E-state index in [0.29, 0.717) is 25.2 Å². The lowest BCUT2D eigenvalue weighted by atomic mass is 10.0. The first-order valence-electron chi connectivity index (χ1n) is 6.00. The van der Waals surface area contributed by atoms with Crippen molar-refractivity contribution in [3.63, 3.8) is 0 Å². The van der Waals surface area contributed by atoms with Gasteiger partial charge < -0.3 is 10.0 Å². The van der Waals surface area contributed by atoms with Crippen molar-refractivity contribution >= 4 is 11.8 Å². The smallest absolute Gasteiger partial charge is 0.339 e. The monoisotopic (exact) mass is 249 g/mol. The molecule has 0 saturated carbocycles. The Morgan fingerprint density at radius 1 is 1.39 bits per heavy atom. The van der Waals surface area contributed by atoms with Crippen LogP contribution in [-0.4, -0.2) is 34.9 Å². The third kappa shape index (κ3) is 2.67. The Labute approximate surface area is 107 Å². The molecule has 0 aliphatic carbocycles. The van der Waals surface area contributed by atoms with Crippen LogP contribution >= 0.6 is 0 Å². The number of aromatic nitrogens is 2. The van der Waals surface area contributed by atoms with Crippen molar-refractivity contribution in [1.82, 2.24) is 10.2 Å². The predicted octanol–water partition coefficient (Wildman–Crippen LogP) is 1.92. The molecule has 0 aromatic carbocycles. The Balaban J connectivity index is 3.43. The normalized spacial score (nSPS) is 10.2. The summed E-state index contributed by atoms with van der Waals surface area (Å²) in [5.41, 5.74) is 1.78. The number of carbonyl (C=O) groups is 1. The number of rotatable bonds is 6. The summed E-state index contributed by atoms with van der Waals surface area (Å²) < 4.78 is 0. The molecule has 1 aromatic heterocycles. The average Bonchev–Trinajstić information content (AvgIpc) is 2.36. The Bertz CT molecular complexity index is 458. The summed E-state index contributed by atoms with van der Waals surface area (Å²) in [4.78, 5) is 13.2. The van der Waals surface area contributed by atoms with Gasteiger partial charge in [-0.25, -0.2) is 4.79 Å². The van der Waals surface area contributed by atoms with Crippen LogP contribution in [0.4, 0.5) is 5.82 Å². The van der Waals surface area contributed by atoms with E-state index in [2.05, 4.69) is 16.8 Å². The summed E-state index contributed by atoms with van der Waals surface area (Å²) >= 11 is 0. The van der Waals surface area contributed by atoms with Crippen LogP contribution in [0.1, 0.15) is 35.5 Å². The molecule has 0 atom stereocenters. The van der Waals surface area contributed by atoms with E-state index in [9.17, 15) is 9.90 Å². The van der Waals surface area contributed by atoms with E-state index in [1.54, 1.807) is 18.0 Å². The van der Waals surface area contributed by atoms with Crippen LogP contribution < -0.4 is 4.90 Å². The van der Waals surface area contributed by atoms with Crippen molar-refractivity contribution in [1.29, 1.82) is 0 Å². The van der Waals surface area contributed by atoms with Gasteiger partial charge >= 0.3 is 5.97 Å². The standard InChI is InChI=1S/C13H19N3O2/c1-5-8-16(4)12-11(13(17)18)9(6-2)10(7-3)14-15-12/h5H,1,6-8H2,2-4H3,(H,17,18). The maximum absolute atomic E-state index is 11.5. The van der Waals surface area contributed by atoms with Crippen LogP contribution in [0, 0.1) is 0 Å². The van der Waals surface area contributed by atoms with Gasteiger partial charge in [0.2, 0.25) is 0 Å². The van der Waals surface area contributed by atoms with Crippen LogP contribution in [0.2, 0.25) is 0 Å². The average molecular weight is 249 g/mol. The van der Waals surface area contributed by atoms with E-state index in [-0.39, 0.29) is 5.56 Å². The molecule has 0 bridgehead atoms. The van der Waals surface area contributed by atoms with Crippen molar-refractivity contribution in [3.8, 4) is 0 Å². The first kappa shape index (κ1) is 14.2. The minimum atomic E-state index is -0.956. The molecule has 18 heavy (non-hydrogen) atoms. The molecule has 0 fully saturated rings. The largest absolute Gasteiger partial charge is 0.478 e. The zero-order valence-electron chi connectivity index (χ0n) is 11.1. The van der Waals surface area contributed by atoms with Crippen molar-refractivity contribution in [3.05, 3.63) is 29.5 Å². The summed E-state index contributed by atoms with van der Waals surface area (Å²) in [5, 5.41) is 17.6. The fraction of sp³-hybridized carbons (Fsp3) is 0.462. The number of anilines is 1. The van der Waals surface area contributed by atoms with Crippen molar-refractivity contribution < 1.29 is 9.90 Å². The first-order chi connectivity index (χ1) is 8.56. The van der Waals surface area contributed by atoms with Crippen LogP contribution in [0.25, 0.3) is 0 Å². The number of nitrogens with zero attached hydrogens (tertiary/aromatic N) is 3. The predicted molar refractivity (Wildman–Crippen MR) is 71.2 cm³/mol. The fourth-order valence-corrected chi connectivity index (χ4v) is 1.93. The van der Waals surface area contributed by atoms with E-state index >= 15 is 0 Å². The SMILES string of the molecule is C=CCN(C)c1nnc(CC)c(CC)c1C(=O)O. The maximum atomic E-state index is 11.5. The lowest BCUT2D eigenvalue weighted by Gasteiger charge is -2.20. The van der Waals surface area contributed by atoms with Gasteiger partial charge in [-0.2, -0.15) is 5.10 Å². The molecule has 1 heterocycles. The number of hydrogen-bond donors (Lipinski definition) is 1. The van der Waals surface area contributed by atoms with Gasteiger partial charge in [0.15, 0.2) is 5.82 Å². The van der Waals surface area contributed by atoms with Gasteiger partial charge in [-0.05, 0) is 18.4 Å². The molecular formula is C13H19N3O2. The summed E-state index contributed by atoms with van der Waals surface area (Å²) in [5.74, 6) is -0.557. The Morgan fingerprint density at radius 3 is 2.50 bits per heavy atom. The zero-order valence-corrected chi connectivity index (χ0v) is 11.1. The van der Waals surface area contributed by atoms with Crippen LogP contribution in [-0.2, 0) is 12.8 Å². The quantitative estimate of drug-likeness (QED) is 0.780. The highest BCUT2D eigenvalue weighted by atomic mass is 16.4. The summed E-state index contributed by atoms with van der Waals surface area (Å²) in [6, 6.07) is 0. The van der Waals surface area contributed by atoms with E-state index in [1.807, 2.05) is 13.8 Å². The molecule has 0 amide bonds. The summed E-state index contributed by atoms with van der Waals surface area (Å²) in [6.45, 7) is 8.05. The topological polar surface area (TPSA) is 66.3 Å². The second-order valence-corrected chi connectivity index (χ2v) is 4.01. The molecular weight excluding hydrogens is 230 g/mol. The number of hydrogen-bond acceptors (Lipinski definition) is 4. The lowest BCUT2D eigenvalue weighted by Crippen LogP contribution is -2.24. The minimum absolute atomic E-state index is 0.258. The molecule has 0 radical (unpaired) electrons. The van der Waals surface area contributed by atoms with Gasteiger partial charge in [-0.15, -0.1) is 11.7 Å². The van der Waals surface area contributed by atoms with Crippen LogP contribution in [0.5, 0.6) is 0 Å².